The van der Waals surface area contributed by atoms with Gasteiger partial charge in [0.25, 0.3) is 0 Å². The van der Waals surface area contributed by atoms with Gasteiger partial charge in [0.2, 0.25) is 5.13 Å². The van der Waals surface area contributed by atoms with Crippen molar-refractivity contribution in [2.75, 3.05) is 7.11 Å². The largest absolute Gasteiger partial charge is 0.497 e. The summed E-state index contributed by atoms with van der Waals surface area (Å²) in [5, 5.41) is 5.63. The molecule has 0 amide bonds. The van der Waals surface area contributed by atoms with Crippen LogP contribution >= 0.6 is 11.3 Å². The van der Waals surface area contributed by atoms with Gasteiger partial charge in [0.05, 0.1) is 23.0 Å². The van der Waals surface area contributed by atoms with Gasteiger partial charge in [-0.3, -0.25) is 0 Å². The van der Waals surface area contributed by atoms with Crippen LogP contribution in [0.1, 0.15) is 36.7 Å². The standard InChI is InChI=1S/C17H21N3OS/c1-5-6-7-14-11(2)19-20(12(14)3)17-18-15-9-8-13(21-4)10-16(15)22-17/h8-10H,5-7H2,1-4H3. The maximum absolute atomic E-state index is 5.28. The number of hydrogen-bond acceptors (Lipinski definition) is 4. The molecule has 5 heteroatoms. The molecule has 116 valence electrons. The highest BCUT2D eigenvalue weighted by atomic mass is 32.1. The van der Waals surface area contributed by atoms with E-state index in [0.717, 1.165) is 33.2 Å². The van der Waals surface area contributed by atoms with Crippen molar-refractivity contribution in [2.24, 2.45) is 0 Å². The highest BCUT2D eigenvalue weighted by molar-refractivity contribution is 7.20. The van der Waals surface area contributed by atoms with Crippen LogP contribution in [-0.4, -0.2) is 21.9 Å². The average Bonchev–Trinajstić information content (AvgIpc) is 3.06. The van der Waals surface area contributed by atoms with Gasteiger partial charge in [-0.05, 0) is 50.5 Å². The molecule has 3 aromatic rings. The lowest BCUT2D eigenvalue weighted by Crippen LogP contribution is -1.98. The van der Waals surface area contributed by atoms with E-state index in [-0.39, 0.29) is 0 Å². The maximum Gasteiger partial charge on any atom is 0.211 e. The number of nitrogens with zero attached hydrogens (tertiary/aromatic N) is 3. The van der Waals surface area contributed by atoms with Crippen molar-refractivity contribution in [1.82, 2.24) is 14.8 Å². The number of methoxy groups -OCH3 is 1. The zero-order valence-corrected chi connectivity index (χ0v) is 14.3. The first-order valence-corrected chi connectivity index (χ1v) is 8.45. The van der Waals surface area contributed by atoms with E-state index >= 15 is 0 Å². The van der Waals surface area contributed by atoms with Gasteiger partial charge in [0.15, 0.2) is 0 Å². The molecule has 1 aromatic carbocycles. The Morgan fingerprint density at radius 3 is 2.82 bits per heavy atom. The van der Waals surface area contributed by atoms with Crippen LogP contribution in [0, 0.1) is 13.8 Å². The molecule has 0 saturated carbocycles. The molecular weight excluding hydrogens is 294 g/mol. The van der Waals surface area contributed by atoms with Gasteiger partial charge >= 0.3 is 0 Å². The summed E-state index contributed by atoms with van der Waals surface area (Å²) in [4.78, 5) is 4.72. The van der Waals surface area contributed by atoms with Crippen molar-refractivity contribution in [3.05, 3.63) is 35.2 Å². The zero-order valence-electron chi connectivity index (χ0n) is 13.5. The zero-order chi connectivity index (χ0) is 15.7. The predicted molar refractivity (Wildman–Crippen MR) is 91.4 cm³/mol. The molecular formula is C17H21N3OS. The topological polar surface area (TPSA) is 39.9 Å². The van der Waals surface area contributed by atoms with Gasteiger partial charge in [0, 0.05) is 5.69 Å². The summed E-state index contributed by atoms with van der Waals surface area (Å²) in [7, 11) is 1.68. The summed E-state index contributed by atoms with van der Waals surface area (Å²) in [5.74, 6) is 0.861. The summed E-state index contributed by atoms with van der Waals surface area (Å²) in [6.07, 6.45) is 3.49. The highest BCUT2D eigenvalue weighted by Crippen LogP contribution is 2.30. The van der Waals surface area contributed by atoms with Gasteiger partial charge in [-0.25, -0.2) is 9.67 Å². The van der Waals surface area contributed by atoms with Crippen LogP contribution in [0.4, 0.5) is 0 Å². The van der Waals surface area contributed by atoms with Gasteiger partial charge in [0.1, 0.15) is 5.75 Å². The van der Waals surface area contributed by atoms with Crippen molar-refractivity contribution >= 4 is 21.6 Å². The monoisotopic (exact) mass is 315 g/mol. The Bertz CT molecular complexity index is 804. The molecule has 0 aliphatic carbocycles. The first-order chi connectivity index (χ1) is 10.6. The summed E-state index contributed by atoms with van der Waals surface area (Å²) in [5.41, 5.74) is 4.67. The molecule has 0 aliphatic heterocycles. The number of aryl methyl sites for hydroxylation is 1. The Hall–Kier alpha value is -1.88. The molecule has 0 atom stereocenters. The van der Waals surface area contributed by atoms with E-state index in [1.165, 1.54) is 24.1 Å². The second-order valence-corrected chi connectivity index (χ2v) is 6.50. The Morgan fingerprint density at radius 2 is 2.09 bits per heavy atom. The third-order valence-corrected chi connectivity index (χ3v) is 4.98. The minimum Gasteiger partial charge on any atom is -0.497 e. The number of ether oxygens (including phenoxy) is 1. The number of benzene rings is 1. The predicted octanol–water partition coefficient (Wildman–Crippen LogP) is 4.45. The molecule has 0 N–H and O–H groups in total. The molecule has 0 radical (unpaired) electrons. The van der Waals surface area contributed by atoms with Crippen LogP contribution in [-0.2, 0) is 6.42 Å². The highest BCUT2D eigenvalue weighted by Gasteiger charge is 2.15. The fourth-order valence-corrected chi connectivity index (χ4v) is 3.69. The molecule has 2 aromatic heterocycles. The van der Waals surface area contributed by atoms with Crippen molar-refractivity contribution in [2.45, 2.75) is 40.0 Å². The van der Waals surface area contributed by atoms with Crippen molar-refractivity contribution < 1.29 is 4.74 Å². The molecule has 0 fully saturated rings. The summed E-state index contributed by atoms with van der Waals surface area (Å²) >= 11 is 1.65. The van der Waals surface area contributed by atoms with Crippen molar-refractivity contribution in [3.8, 4) is 10.9 Å². The molecule has 0 bridgehead atoms. The van der Waals surface area contributed by atoms with Gasteiger partial charge in [-0.2, -0.15) is 5.10 Å². The molecule has 0 unspecified atom stereocenters. The molecule has 2 heterocycles. The number of fused-ring (bicyclic) bond motifs is 1. The van der Waals surface area contributed by atoms with Crippen LogP contribution in [0.3, 0.4) is 0 Å². The Kier molecular flexibility index (Phi) is 4.16. The molecule has 0 spiro atoms. The van der Waals surface area contributed by atoms with Gasteiger partial charge in [-0.1, -0.05) is 24.7 Å². The summed E-state index contributed by atoms with van der Waals surface area (Å²) < 4.78 is 8.39. The fourth-order valence-electron chi connectivity index (χ4n) is 2.69. The van der Waals surface area contributed by atoms with E-state index in [2.05, 4.69) is 20.8 Å². The van der Waals surface area contributed by atoms with Crippen LogP contribution in [0.2, 0.25) is 0 Å². The number of hydrogen-bond donors (Lipinski definition) is 0. The maximum atomic E-state index is 5.28. The van der Waals surface area contributed by atoms with Gasteiger partial charge in [-0.15, -0.1) is 0 Å². The smallest absolute Gasteiger partial charge is 0.211 e. The lowest BCUT2D eigenvalue weighted by atomic mass is 10.1. The first kappa shape index (κ1) is 15.0. The summed E-state index contributed by atoms with van der Waals surface area (Å²) in [6, 6.07) is 5.97. The molecule has 3 rings (SSSR count). The number of rotatable bonds is 5. The Balaban J connectivity index is 2.03. The van der Waals surface area contributed by atoms with E-state index in [4.69, 9.17) is 14.8 Å². The van der Waals surface area contributed by atoms with E-state index in [9.17, 15) is 0 Å². The first-order valence-electron chi connectivity index (χ1n) is 7.64. The van der Waals surface area contributed by atoms with E-state index < -0.39 is 0 Å². The van der Waals surface area contributed by atoms with Crippen LogP contribution in [0.25, 0.3) is 15.3 Å². The van der Waals surface area contributed by atoms with E-state index in [1.54, 1.807) is 18.4 Å². The third-order valence-electron chi connectivity index (χ3n) is 3.99. The Labute approximate surface area is 134 Å². The Morgan fingerprint density at radius 1 is 1.27 bits per heavy atom. The normalized spacial score (nSPS) is 11.3. The van der Waals surface area contributed by atoms with Crippen LogP contribution < -0.4 is 4.74 Å². The lowest BCUT2D eigenvalue weighted by Gasteiger charge is -2.01. The minimum absolute atomic E-state index is 0.861. The van der Waals surface area contributed by atoms with Crippen molar-refractivity contribution in [1.29, 1.82) is 0 Å². The fraction of sp³-hybridized carbons (Fsp3) is 0.412. The quantitative estimate of drug-likeness (QED) is 0.698. The third kappa shape index (κ3) is 2.61. The van der Waals surface area contributed by atoms with Crippen LogP contribution in [0.15, 0.2) is 18.2 Å². The van der Waals surface area contributed by atoms with E-state index in [0.29, 0.717) is 0 Å². The van der Waals surface area contributed by atoms with Gasteiger partial charge < -0.3 is 4.74 Å². The second-order valence-electron chi connectivity index (χ2n) is 5.49. The SMILES string of the molecule is CCCCc1c(C)nn(-c2nc3ccc(OC)cc3s2)c1C. The second kappa shape index (κ2) is 6.08. The van der Waals surface area contributed by atoms with Crippen LogP contribution in [0.5, 0.6) is 5.75 Å². The summed E-state index contributed by atoms with van der Waals surface area (Å²) in [6.45, 7) is 6.44. The number of aromatic nitrogens is 3. The molecule has 0 saturated heterocycles. The van der Waals surface area contributed by atoms with E-state index in [1.807, 2.05) is 22.9 Å². The average molecular weight is 315 g/mol. The number of unbranched alkanes of at least 4 members (excludes halogenated alkanes) is 1. The molecule has 4 nitrogen and oxygen atoms in total. The minimum atomic E-state index is 0.861. The lowest BCUT2D eigenvalue weighted by molar-refractivity contribution is 0.415. The molecule has 0 aliphatic rings. The van der Waals surface area contributed by atoms with Crippen molar-refractivity contribution in [3.63, 3.8) is 0 Å². The molecule has 22 heavy (non-hydrogen) atoms. The number of thiazole rings is 1.